The van der Waals surface area contributed by atoms with Gasteiger partial charge in [0.15, 0.2) is 0 Å². The zero-order valence-electron chi connectivity index (χ0n) is 10.6. The van der Waals surface area contributed by atoms with Crippen LogP contribution >= 0.6 is 0 Å². The maximum atomic E-state index is 13.4. The standard InChI is InChI=1S/C15H13F2NO2/c16-12-2-1-3-13(17)14(12)15(20)18-11-6-4-10(5-7-11)8-9-19/h1-7,19H,8-9H2,(H,18,20). The second kappa shape index (κ2) is 6.25. The van der Waals surface area contributed by atoms with E-state index in [4.69, 9.17) is 5.11 Å². The molecule has 0 atom stereocenters. The topological polar surface area (TPSA) is 49.3 Å². The third kappa shape index (κ3) is 3.19. The first-order valence-electron chi connectivity index (χ1n) is 6.07. The van der Waals surface area contributed by atoms with E-state index >= 15 is 0 Å². The number of carbonyl (C=O) groups is 1. The molecule has 2 aromatic rings. The van der Waals surface area contributed by atoms with Crippen LogP contribution in [0.2, 0.25) is 0 Å². The van der Waals surface area contributed by atoms with E-state index in [0.717, 1.165) is 17.7 Å². The predicted octanol–water partition coefficient (Wildman–Crippen LogP) is 2.75. The first-order chi connectivity index (χ1) is 9.61. The molecule has 2 rings (SSSR count). The first-order valence-corrected chi connectivity index (χ1v) is 6.07. The van der Waals surface area contributed by atoms with Gasteiger partial charge in [-0.3, -0.25) is 4.79 Å². The van der Waals surface area contributed by atoms with Gasteiger partial charge in [-0.1, -0.05) is 18.2 Å². The maximum Gasteiger partial charge on any atom is 0.261 e. The minimum Gasteiger partial charge on any atom is -0.396 e. The largest absolute Gasteiger partial charge is 0.396 e. The summed E-state index contributed by atoms with van der Waals surface area (Å²) < 4.78 is 26.9. The molecule has 0 saturated carbocycles. The summed E-state index contributed by atoms with van der Waals surface area (Å²) >= 11 is 0. The van der Waals surface area contributed by atoms with Gasteiger partial charge in [0.05, 0.1) is 0 Å². The summed E-state index contributed by atoms with van der Waals surface area (Å²) in [4.78, 5) is 11.8. The number of aliphatic hydroxyl groups is 1. The first kappa shape index (κ1) is 14.1. The van der Waals surface area contributed by atoms with Crippen molar-refractivity contribution in [3.8, 4) is 0 Å². The number of anilines is 1. The lowest BCUT2D eigenvalue weighted by atomic mass is 10.1. The fraction of sp³-hybridized carbons (Fsp3) is 0.133. The van der Waals surface area contributed by atoms with Gasteiger partial charge in [-0.15, -0.1) is 0 Å². The monoisotopic (exact) mass is 277 g/mol. The highest BCUT2D eigenvalue weighted by Gasteiger charge is 2.16. The Balaban J connectivity index is 2.15. The Labute approximate surface area is 114 Å². The Bertz CT molecular complexity index is 592. The normalized spacial score (nSPS) is 10.3. The SMILES string of the molecule is O=C(Nc1ccc(CCO)cc1)c1c(F)cccc1F. The summed E-state index contributed by atoms with van der Waals surface area (Å²) in [7, 11) is 0. The van der Waals surface area contributed by atoms with Crippen LogP contribution in [0.4, 0.5) is 14.5 Å². The lowest BCUT2D eigenvalue weighted by molar-refractivity contribution is 0.101. The zero-order valence-corrected chi connectivity index (χ0v) is 10.6. The molecular weight excluding hydrogens is 264 g/mol. The lowest BCUT2D eigenvalue weighted by Gasteiger charge is -2.07. The molecule has 2 N–H and O–H groups in total. The molecule has 0 bridgehead atoms. The van der Waals surface area contributed by atoms with E-state index in [9.17, 15) is 13.6 Å². The molecule has 0 aliphatic heterocycles. The average Bonchev–Trinajstić information content (AvgIpc) is 2.41. The third-order valence-electron chi connectivity index (χ3n) is 2.80. The minimum absolute atomic E-state index is 0.0339. The fourth-order valence-corrected chi connectivity index (χ4v) is 1.79. The molecule has 0 fully saturated rings. The number of hydrogen-bond donors (Lipinski definition) is 2. The van der Waals surface area contributed by atoms with Gasteiger partial charge in [0, 0.05) is 12.3 Å². The van der Waals surface area contributed by atoms with Crippen LogP contribution in [-0.4, -0.2) is 17.6 Å². The van der Waals surface area contributed by atoms with Crippen molar-refractivity contribution in [2.75, 3.05) is 11.9 Å². The number of nitrogens with one attached hydrogen (secondary N) is 1. The summed E-state index contributed by atoms with van der Waals surface area (Å²) in [5, 5.41) is 11.2. The fourth-order valence-electron chi connectivity index (χ4n) is 1.79. The number of halogens is 2. The molecule has 5 heteroatoms. The molecule has 0 heterocycles. The van der Waals surface area contributed by atoms with E-state index in [1.165, 1.54) is 6.07 Å². The van der Waals surface area contributed by atoms with Crippen LogP contribution in [-0.2, 0) is 6.42 Å². The van der Waals surface area contributed by atoms with Crippen molar-refractivity contribution in [1.29, 1.82) is 0 Å². The number of rotatable bonds is 4. The van der Waals surface area contributed by atoms with Crippen LogP contribution in [0.3, 0.4) is 0 Å². The molecule has 104 valence electrons. The highest BCUT2D eigenvalue weighted by molar-refractivity contribution is 6.04. The van der Waals surface area contributed by atoms with Crippen molar-refractivity contribution in [1.82, 2.24) is 0 Å². The predicted molar refractivity (Wildman–Crippen MR) is 71.5 cm³/mol. The van der Waals surface area contributed by atoms with E-state index in [0.29, 0.717) is 12.1 Å². The molecule has 0 aliphatic carbocycles. The summed E-state index contributed by atoms with van der Waals surface area (Å²) in [5.74, 6) is -2.64. The van der Waals surface area contributed by atoms with Gasteiger partial charge in [-0.2, -0.15) is 0 Å². The summed E-state index contributed by atoms with van der Waals surface area (Å²) in [6, 6.07) is 9.94. The van der Waals surface area contributed by atoms with E-state index < -0.39 is 23.1 Å². The average molecular weight is 277 g/mol. The molecule has 0 aromatic heterocycles. The summed E-state index contributed by atoms with van der Waals surface area (Å²) in [5.41, 5.74) is 0.730. The van der Waals surface area contributed by atoms with Gasteiger partial charge in [0.1, 0.15) is 17.2 Å². The Morgan fingerprint density at radius 1 is 1.05 bits per heavy atom. The summed E-state index contributed by atoms with van der Waals surface area (Å²) in [6.07, 6.45) is 0.510. The van der Waals surface area contributed by atoms with Crippen LogP contribution in [0.15, 0.2) is 42.5 Å². The molecule has 3 nitrogen and oxygen atoms in total. The van der Waals surface area contributed by atoms with Crippen molar-refractivity contribution in [2.24, 2.45) is 0 Å². The summed E-state index contributed by atoms with van der Waals surface area (Å²) in [6.45, 7) is 0.0339. The van der Waals surface area contributed by atoms with Crippen molar-refractivity contribution in [2.45, 2.75) is 6.42 Å². The highest BCUT2D eigenvalue weighted by Crippen LogP contribution is 2.16. The number of amides is 1. The van der Waals surface area contributed by atoms with Gasteiger partial charge in [-0.25, -0.2) is 8.78 Å². The quantitative estimate of drug-likeness (QED) is 0.902. The molecular formula is C15H13F2NO2. The number of benzene rings is 2. The number of hydrogen-bond acceptors (Lipinski definition) is 2. The van der Waals surface area contributed by atoms with Gasteiger partial charge < -0.3 is 10.4 Å². The Hall–Kier alpha value is -2.27. The second-order valence-corrected chi connectivity index (χ2v) is 4.22. The Morgan fingerprint density at radius 2 is 1.65 bits per heavy atom. The molecule has 0 aliphatic rings. The van der Waals surface area contributed by atoms with E-state index in [2.05, 4.69) is 5.32 Å². The van der Waals surface area contributed by atoms with Crippen molar-refractivity contribution in [3.05, 3.63) is 65.2 Å². The van der Waals surface area contributed by atoms with Gasteiger partial charge in [0.25, 0.3) is 5.91 Å². The zero-order chi connectivity index (χ0) is 14.5. The molecule has 0 spiro atoms. The van der Waals surface area contributed by atoms with E-state index in [1.807, 2.05) is 0 Å². The Morgan fingerprint density at radius 3 is 2.20 bits per heavy atom. The minimum atomic E-state index is -0.903. The molecule has 1 amide bonds. The Kier molecular flexibility index (Phi) is 4.42. The van der Waals surface area contributed by atoms with Crippen molar-refractivity contribution >= 4 is 11.6 Å². The highest BCUT2D eigenvalue weighted by atomic mass is 19.1. The van der Waals surface area contributed by atoms with Crippen molar-refractivity contribution < 1.29 is 18.7 Å². The molecule has 0 saturated heterocycles. The number of carbonyl (C=O) groups excluding carboxylic acids is 1. The third-order valence-corrected chi connectivity index (χ3v) is 2.80. The smallest absolute Gasteiger partial charge is 0.261 e. The van der Waals surface area contributed by atoms with Crippen LogP contribution in [0.1, 0.15) is 15.9 Å². The van der Waals surface area contributed by atoms with Crippen LogP contribution < -0.4 is 5.32 Å². The van der Waals surface area contributed by atoms with Gasteiger partial charge in [-0.05, 0) is 36.2 Å². The van der Waals surface area contributed by atoms with Crippen LogP contribution in [0.25, 0.3) is 0 Å². The van der Waals surface area contributed by atoms with Gasteiger partial charge in [0.2, 0.25) is 0 Å². The van der Waals surface area contributed by atoms with E-state index in [-0.39, 0.29) is 6.61 Å². The molecule has 2 aromatic carbocycles. The van der Waals surface area contributed by atoms with Gasteiger partial charge >= 0.3 is 0 Å². The lowest BCUT2D eigenvalue weighted by Crippen LogP contribution is -2.15. The van der Waals surface area contributed by atoms with E-state index in [1.54, 1.807) is 24.3 Å². The molecule has 20 heavy (non-hydrogen) atoms. The molecule has 0 unspecified atom stereocenters. The van der Waals surface area contributed by atoms with Crippen molar-refractivity contribution in [3.63, 3.8) is 0 Å². The van der Waals surface area contributed by atoms with Crippen LogP contribution in [0.5, 0.6) is 0 Å². The van der Waals surface area contributed by atoms with Crippen LogP contribution in [0, 0.1) is 11.6 Å². The molecule has 0 radical (unpaired) electrons. The second-order valence-electron chi connectivity index (χ2n) is 4.22. The maximum absolute atomic E-state index is 13.4. The number of aliphatic hydroxyl groups excluding tert-OH is 1.